The molecule has 0 saturated carbocycles. The Labute approximate surface area is 130 Å². The Morgan fingerprint density at radius 2 is 2.10 bits per heavy atom. The van der Waals surface area contributed by atoms with Gasteiger partial charge in [0.15, 0.2) is 0 Å². The third-order valence-corrected chi connectivity index (χ3v) is 4.60. The van der Waals surface area contributed by atoms with E-state index in [0.717, 1.165) is 25.4 Å². The van der Waals surface area contributed by atoms with Crippen molar-refractivity contribution < 1.29 is 4.42 Å². The van der Waals surface area contributed by atoms with Crippen LogP contribution in [0.1, 0.15) is 28.4 Å². The van der Waals surface area contributed by atoms with Gasteiger partial charge in [-0.1, -0.05) is 18.2 Å². The van der Waals surface area contributed by atoms with Gasteiger partial charge in [-0.15, -0.1) is 11.3 Å². The van der Waals surface area contributed by atoms with Crippen LogP contribution >= 0.6 is 11.3 Å². The maximum atomic E-state index is 5.52. The predicted molar refractivity (Wildman–Crippen MR) is 88.3 cm³/mol. The molecule has 0 bridgehead atoms. The normalized spacial score (nSPS) is 14.7. The lowest BCUT2D eigenvalue weighted by atomic mass is 10.1. The summed E-state index contributed by atoms with van der Waals surface area (Å²) in [5.74, 6) is 1.03. The van der Waals surface area contributed by atoms with Crippen molar-refractivity contribution in [2.75, 3.05) is 6.54 Å². The van der Waals surface area contributed by atoms with Gasteiger partial charge >= 0.3 is 0 Å². The van der Waals surface area contributed by atoms with E-state index in [-0.39, 0.29) is 0 Å². The van der Waals surface area contributed by atoms with Gasteiger partial charge < -0.3 is 4.42 Å². The molecule has 3 rings (SSSR count). The number of allylic oxidation sites excluding steroid dienone is 2. The van der Waals surface area contributed by atoms with E-state index in [0.29, 0.717) is 0 Å². The lowest BCUT2D eigenvalue weighted by molar-refractivity contribution is 0.258. The number of aryl methyl sites for hydroxylation is 1. The summed E-state index contributed by atoms with van der Waals surface area (Å²) in [6.07, 6.45) is 11.0. The third kappa shape index (κ3) is 4.19. The van der Waals surface area contributed by atoms with Gasteiger partial charge in [-0.25, -0.2) is 0 Å². The Bertz CT molecular complexity index is 621. The first-order valence-corrected chi connectivity index (χ1v) is 8.27. The van der Waals surface area contributed by atoms with Crippen molar-refractivity contribution in [2.45, 2.75) is 32.9 Å². The van der Waals surface area contributed by atoms with E-state index in [2.05, 4.69) is 48.3 Å². The first-order chi connectivity index (χ1) is 10.3. The van der Waals surface area contributed by atoms with Crippen molar-refractivity contribution in [3.05, 3.63) is 69.8 Å². The number of hydrogen-bond donors (Lipinski definition) is 0. The van der Waals surface area contributed by atoms with Gasteiger partial charge in [-0.2, -0.15) is 0 Å². The van der Waals surface area contributed by atoms with E-state index in [1.807, 2.05) is 17.4 Å². The molecule has 2 aromatic rings. The zero-order valence-electron chi connectivity index (χ0n) is 12.4. The summed E-state index contributed by atoms with van der Waals surface area (Å²) in [5.41, 5.74) is 1.42. The number of thiophene rings is 1. The van der Waals surface area contributed by atoms with E-state index < -0.39 is 0 Å². The minimum Gasteiger partial charge on any atom is -0.468 e. The fraction of sp³-hybridized carbons (Fsp3) is 0.333. The summed E-state index contributed by atoms with van der Waals surface area (Å²) >= 11 is 1.88. The van der Waals surface area contributed by atoms with Crippen LogP contribution in [0.25, 0.3) is 0 Å². The van der Waals surface area contributed by atoms with E-state index >= 15 is 0 Å². The Balaban J connectivity index is 1.70. The summed E-state index contributed by atoms with van der Waals surface area (Å²) in [6.45, 7) is 4.98. The summed E-state index contributed by atoms with van der Waals surface area (Å²) in [5, 5.41) is 0. The molecule has 0 amide bonds. The largest absolute Gasteiger partial charge is 0.468 e. The molecule has 0 unspecified atom stereocenters. The summed E-state index contributed by atoms with van der Waals surface area (Å²) in [6, 6.07) is 8.45. The fourth-order valence-corrected chi connectivity index (χ4v) is 3.56. The van der Waals surface area contributed by atoms with Gasteiger partial charge in [0.2, 0.25) is 0 Å². The van der Waals surface area contributed by atoms with Crippen LogP contribution < -0.4 is 0 Å². The molecule has 0 aromatic carbocycles. The van der Waals surface area contributed by atoms with Crippen molar-refractivity contribution >= 4 is 11.3 Å². The lowest BCUT2D eigenvalue weighted by Gasteiger charge is -2.22. The van der Waals surface area contributed by atoms with Crippen LogP contribution in [0.4, 0.5) is 0 Å². The summed E-state index contributed by atoms with van der Waals surface area (Å²) in [4.78, 5) is 5.24. The Morgan fingerprint density at radius 1 is 1.14 bits per heavy atom. The lowest BCUT2D eigenvalue weighted by Crippen LogP contribution is -2.24. The molecule has 0 fully saturated rings. The SMILES string of the molecule is Cc1ccc(CN(CC2=CCCC=C2)Cc2ccco2)s1. The second kappa shape index (κ2) is 6.92. The van der Waals surface area contributed by atoms with Crippen LogP contribution in [0.15, 0.2) is 58.7 Å². The molecular weight excluding hydrogens is 278 g/mol. The van der Waals surface area contributed by atoms with Gasteiger partial charge in [-0.3, -0.25) is 4.90 Å². The average Bonchev–Trinajstić information content (AvgIpc) is 3.12. The molecule has 1 aliphatic rings. The second-order valence-electron chi connectivity index (χ2n) is 5.50. The van der Waals surface area contributed by atoms with Gasteiger partial charge in [0.25, 0.3) is 0 Å². The summed E-state index contributed by atoms with van der Waals surface area (Å²) in [7, 11) is 0. The maximum absolute atomic E-state index is 5.52. The first-order valence-electron chi connectivity index (χ1n) is 7.45. The van der Waals surface area contributed by atoms with Gasteiger partial charge in [0, 0.05) is 22.8 Å². The molecule has 3 heteroatoms. The van der Waals surface area contributed by atoms with Gasteiger partial charge in [-0.05, 0) is 49.6 Å². The molecule has 2 nitrogen and oxygen atoms in total. The second-order valence-corrected chi connectivity index (χ2v) is 6.87. The molecule has 0 aliphatic heterocycles. The topological polar surface area (TPSA) is 16.4 Å². The number of hydrogen-bond acceptors (Lipinski definition) is 3. The van der Waals surface area contributed by atoms with Crippen molar-refractivity contribution in [3.63, 3.8) is 0 Å². The molecule has 2 heterocycles. The van der Waals surface area contributed by atoms with Crippen molar-refractivity contribution in [1.82, 2.24) is 4.90 Å². The van der Waals surface area contributed by atoms with Crippen LogP contribution in [-0.4, -0.2) is 11.4 Å². The molecular formula is C18H21NOS. The standard InChI is InChI=1S/C18H21NOS/c1-15-9-10-18(21-15)14-19(13-17-8-5-11-20-17)12-16-6-3-2-4-7-16/h3,5-11H,2,4,12-14H2,1H3. The highest BCUT2D eigenvalue weighted by molar-refractivity contribution is 7.11. The molecule has 0 saturated heterocycles. The van der Waals surface area contributed by atoms with Crippen molar-refractivity contribution in [3.8, 4) is 0 Å². The van der Waals surface area contributed by atoms with Gasteiger partial charge in [0.1, 0.15) is 5.76 Å². The number of furan rings is 1. The van der Waals surface area contributed by atoms with Crippen molar-refractivity contribution in [1.29, 1.82) is 0 Å². The molecule has 110 valence electrons. The van der Waals surface area contributed by atoms with Crippen LogP contribution in [-0.2, 0) is 13.1 Å². The third-order valence-electron chi connectivity index (χ3n) is 3.61. The highest BCUT2D eigenvalue weighted by atomic mass is 32.1. The molecule has 0 spiro atoms. The van der Waals surface area contributed by atoms with Crippen LogP contribution in [0.2, 0.25) is 0 Å². The minimum absolute atomic E-state index is 0.856. The average molecular weight is 299 g/mol. The maximum Gasteiger partial charge on any atom is 0.117 e. The molecule has 0 N–H and O–H groups in total. The molecule has 21 heavy (non-hydrogen) atoms. The first kappa shape index (κ1) is 14.4. The molecule has 1 aliphatic carbocycles. The monoisotopic (exact) mass is 299 g/mol. The smallest absolute Gasteiger partial charge is 0.117 e. The number of rotatable bonds is 6. The van der Waals surface area contributed by atoms with Crippen LogP contribution in [0.5, 0.6) is 0 Å². The predicted octanol–water partition coefficient (Wildman–Crippen LogP) is 4.93. The highest BCUT2D eigenvalue weighted by Crippen LogP contribution is 2.20. The Kier molecular flexibility index (Phi) is 4.73. The highest BCUT2D eigenvalue weighted by Gasteiger charge is 2.12. The van der Waals surface area contributed by atoms with E-state index in [1.165, 1.54) is 28.2 Å². The van der Waals surface area contributed by atoms with Crippen molar-refractivity contribution in [2.24, 2.45) is 0 Å². The molecule has 0 radical (unpaired) electrons. The Morgan fingerprint density at radius 3 is 2.76 bits per heavy atom. The number of nitrogens with zero attached hydrogens (tertiary/aromatic N) is 1. The van der Waals surface area contributed by atoms with E-state index in [9.17, 15) is 0 Å². The van der Waals surface area contributed by atoms with Gasteiger partial charge in [0.05, 0.1) is 12.8 Å². The van der Waals surface area contributed by atoms with Crippen LogP contribution in [0, 0.1) is 6.92 Å². The minimum atomic E-state index is 0.856. The fourth-order valence-electron chi connectivity index (χ4n) is 2.62. The van der Waals surface area contributed by atoms with Crippen LogP contribution in [0.3, 0.4) is 0 Å². The zero-order valence-corrected chi connectivity index (χ0v) is 13.2. The zero-order chi connectivity index (χ0) is 14.5. The molecule has 2 aromatic heterocycles. The Hall–Kier alpha value is -1.58. The quantitative estimate of drug-likeness (QED) is 0.752. The molecule has 0 atom stereocenters. The van der Waals surface area contributed by atoms with E-state index in [4.69, 9.17) is 4.42 Å². The summed E-state index contributed by atoms with van der Waals surface area (Å²) < 4.78 is 5.52. The van der Waals surface area contributed by atoms with E-state index in [1.54, 1.807) is 6.26 Å².